The predicted molar refractivity (Wildman–Crippen MR) is 75.4 cm³/mol. The molecule has 6 heteroatoms. The molecule has 0 amide bonds. The van der Waals surface area contributed by atoms with Crippen molar-refractivity contribution in [2.24, 2.45) is 5.92 Å². The Bertz CT molecular complexity index is 559. The van der Waals surface area contributed by atoms with Crippen LogP contribution < -0.4 is 5.32 Å². The molecule has 1 N–H and O–H groups in total. The molecular weight excluding hydrogens is 278 g/mol. The third-order valence-electron chi connectivity index (χ3n) is 3.55. The molecule has 0 saturated carbocycles. The highest BCUT2D eigenvalue weighted by molar-refractivity contribution is 7.91. The quantitative estimate of drug-likeness (QED) is 0.847. The van der Waals surface area contributed by atoms with E-state index >= 15 is 0 Å². The third kappa shape index (κ3) is 3.58. The number of methoxy groups -OCH3 is 1. The van der Waals surface area contributed by atoms with Gasteiger partial charge in [-0.3, -0.25) is 0 Å². The Labute approximate surface area is 119 Å². The molecule has 0 bridgehead atoms. The molecular formula is C14H19NO4S. The standard InChI is InChI=1S/C14H19NO4S/c1-19-14(16)12-2-4-13(5-3-12)20(17,18)10-11-6-8-15-9-7-11/h2-5,11,15H,6-10H2,1H3. The normalized spacial score (nSPS) is 16.9. The zero-order valence-corrected chi connectivity index (χ0v) is 12.3. The summed E-state index contributed by atoms with van der Waals surface area (Å²) >= 11 is 0. The molecule has 110 valence electrons. The number of carbonyl (C=O) groups is 1. The van der Waals surface area contributed by atoms with Crippen LogP contribution in [0.3, 0.4) is 0 Å². The van der Waals surface area contributed by atoms with Gasteiger partial charge in [0.15, 0.2) is 9.84 Å². The Hall–Kier alpha value is -1.40. The number of sulfone groups is 1. The van der Waals surface area contributed by atoms with Crippen molar-refractivity contribution in [1.29, 1.82) is 0 Å². The van der Waals surface area contributed by atoms with E-state index in [1.54, 1.807) is 0 Å². The van der Waals surface area contributed by atoms with Crippen molar-refractivity contribution in [2.45, 2.75) is 17.7 Å². The molecule has 5 nitrogen and oxygen atoms in total. The van der Waals surface area contributed by atoms with E-state index in [1.165, 1.54) is 31.4 Å². The summed E-state index contributed by atoms with van der Waals surface area (Å²) in [6.45, 7) is 1.75. The van der Waals surface area contributed by atoms with Gasteiger partial charge in [0.2, 0.25) is 0 Å². The SMILES string of the molecule is COC(=O)c1ccc(S(=O)(=O)CC2CCNCC2)cc1. The maximum Gasteiger partial charge on any atom is 0.337 e. The fraction of sp³-hybridized carbons (Fsp3) is 0.500. The van der Waals surface area contributed by atoms with Crippen LogP contribution in [-0.4, -0.2) is 40.3 Å². The minimum absolute atomic E-state index is 0.173. The first-order valence-corrected chi connectivity index (χ1v) is 8.30. The van der Waals surface area contributed by atoms with Crippen LogP contribution in [-0.2, 0) is 14.6 Å². The van der Waals surface area contributed by atoms with E-state index in [0.29, 0.717) is 5.56 Å². The molecule has 1 saturated heterocycles. The molecule has 0 aliphatic carbocycles. The molecule has 0 unspecified atom stereocenters. The van der Waals surface area contributed by atoms with Gasteiger partial charge < -0.3 is 10.1 Å². The Morgan fingerprint density at radius 2 is 1.85 bits per heavy atom. The Balaban J connectivity index is 2.10. The number of ether oxygens (including phenoxy) is 1. The summed E-state index contributed by atoms with van der Waals surface area (Å²) < 4.78 is 29.2. The van der Waals surface area contributed by atoms with Crippen molar-refractivity contribution in [2.75, 3.05) is 26.0 Å². The molecule has 2 rings (SSSR count). The van der Waals surface area contributed by atoms with Gasteiger partial charge in [0.1, 0.15) is 0 Å². The summed E-state index contributed by atoms with van der Waals surface area (Å²) in [5.74, 6) is -0.0828. The van der Waals surface area contributed by atoms with Crippen LogP contribution in [0.4, 0.5) is 0 Å². The second-order valence-corrected chi connectivity index (χ2v) is 7.02. The summed E-state index contributed by atoms with van der Waals surface area (Å²) in [6, 6.07) is 5.92. The fourth-order valence-corrected chi connectivity index (χ4v) is 4.07. The van der Waals surface area contributed by atoms with Gasteiger partial charge in [0.25, 0.3) is 0 Å². The van der Waals surface area contributed by atoms with Gasteiger partial charge in [-0.1, -0.05) is 0 Å². The maximum absolute atomic E-state index is 12.3. The number of carbonyl (C=O) groups excluding carboxylic acids is 1. The van der Waals surface area contributed by atoms with Crippen molar-refractivity contribution in [3.63, 3.8) is 0 Å². The first-order valence-electron chi connectivity index (χ1n) is 6.65. The van der Waals surface area contributed by atoms with E-state index in [2.05, 4.69) is 10.1 Å². The average molecular weight is 297 g/mol. The van der Waals surface area contributed by atoms with Gasteiger partial charge in [-0.05, 0) is 56.1 Å². The zero-order chi connectivity index (χ0) is 14.6. The third-order valence-corrected chi connectivity index (χ3v) is 5.45. The van der Waals surface area contributed by atoms with Crippen LogP contribution in [0.25, 0.3) is 0 Å². The summed E-state index contributed by atoms with van der Waals surface area (Å²) in [4.78, 5) is 11.6. The second-order valence-electron chi connectivity index (χ2n) is 4.99. The van der Waals surface area contributed by atoms with Crippen LogP contribution >= 0.6 is 0 Å². The molecule has 0 spiro atoms. The van der Waals surface area contributed by atoms with Gasteiger partial charge >= 0.3 is 5.97 Å². The molecule has 0 atom stereocenters. The number of benzene rings is 1. The first kappa shape index (κ1) is 15.0. The molecule has 1 aliphatic heterocycles. The lowest BCUT2D eigenvalue weighted by Gasteiger charge is -2.22. The number of hydrogen-bond acceptors (Lipinski definition) is 5. The van der Waals surface area contributed by atoms with Crippen molar-refractivity contribution in [1.82, 2.24) is 5.32 Å². The second kappa shape index (κ2) is 6.37. The van der Waals surface area contributed by atoms with Crippen molar-refractivity contribution in [3.8, 4) is 0 Å². The van der Waals surface area contributed by atoms with E-state index in [9.17, 15) is 13.2 Å². The van der Waals surface area contributed by atoms with Crippen LogP contribution in [0.15, 0.2) is 29.2 Å². The molecule has 1 fully saturated rings. The van der Waals surface area contributed by atoms with Crippen LogP contribution in [0.2, 0.25) is 0 Å². The summed E-state index contributed by atoms with van der Waals surface area (Å²) in [5.41, 5.74) is 0.355. The highest BCUT2D eigenvalue weighted by Crippen LogP contribution is 2.20. The smallest absolute Gasteiger partial charge is 0.337 e. The minimum Gasteiger partial charge on any atom is -0.465 e. The van der Waals surface area contributed by atoms with E-state index < -0.39 is 15.8 Å². The highest BCUT2D eigenvalue weighted by Gasteiger charge is 2.23. The molecule has 0 aromatic heterocycles. The van der Waals surface area contributed by atoms with E-state index in [1.807, 2.05) is 0 Å². The van der Waals surface area contributed by atoms with Gasteiger partial charge in [-0.2, -0.15) is 0 Å². The molecule has 1 aromatic carbocycles. The van der Waals surface area contributed by atoms with E-state index in [-0.39, 0.29) is 16.6 Å². The fourth-order valence-electron chi connectivity index (χ4n) is 2.37. The van der Waals surface area contributed by atoms with Crippen molar-refractivity contribution >= 4 is 15.8 Å². The van der Waals surface area contributed by atoms with Crippen LogP contribution in [0.5, 0.6) is 0 Å². The summed E-state index contributed by atoms with van der Waals surface area (Å²) in [6.07, 6.45) is 1.78. The maximum atomic E-state index is 12.3. The zero-order valence-electron chi connectivity index (χ0n) is 11.5. The Kier molecular flexibility index (Phi) is 4.77. The molecule has 1 aliphatic rings. The topological polar surface area (TPSA) is 72.5 Å². The number of esters is 1. The number of piperidine rings is 1. The van der Waals surface area contributed by atoms with Gasteiger partial charge in [-0.25, -0.2) is 13.2 Å². The number of nitrogens with one attached hydrogen (secondary N) is 1. The lowest BCUT2D eigenvalue weighted by Crippen LogP contribution is -2.31. The minimum atomic E-state index is -3.29. The van der Waals surface area contributed by atoms with Gasteiger partial charge in [-0.15, -0.1) is 0 Å². The molecule has 1 aromatic rings. The summed E-state index contributed by atoms with van der Waals surface area (Å²) in [5, 5.41) is 3.22. The highest BCUT2D eigenvalue weighted by atomic mass is 32.2. The molecule has 1 heterocycles. The van der Waals surface area contributed by atoms with Crippen LogP contribution in [0, 0.1) is 5.92 Å². The molecule has 0 radical (unpaired) electrons. The van der Waals surface area contributed by atoms with E-state index in [4.69, 9.17) is 0 Å². The lowest BCUT2D eigenvalue weighted by atomic mass is 10.0. The number of rotatable bonds is 4. The molecule has 20 heavy (non-hydrogen) atoms. The van der Waals surface area contributed by atoms with Crippen molar-refractivity contribution < 1.29 is 17.9 Å². The van der Waals surface area contributed by atoms with Gasteiger partial charge in [0, 0.05) is 0 Å². The Morgan fingerprint density at radius 1 is 1.25 bits per heavy atom. The van der Waals surface area contributed by atoms with Crippen molar-refractivity contribution in [3.05, 3.63) is 29.8 Å². The summed E-state index contributed by atoms with van der Waals surface area (Å²) in [7, 11) is -1.99. The van der Waals surface area contributed by atoms with Gasteiger partial charge in [0.05, 0.1) is 23.3 Å². The monoisotopic (exact) mass is 297 g/mol. The Morgan fingerprint density at radius 3 is 2.40 bits per heavy atom. The van der Waals surface area contributed by atoms with Crippen LogP contribution in [0.1, 0.15) is 23.2 Å². The predicted octanol–water partition coefficient (Wildman–Crippen LogP) is 1.25. The number of hydrogen-bond donors (Lipinski definition) is 1. The largest absolute Gasteiger partial charge is 0.465 e. The average Bonchev–Trinajstić information content (AvgIpc) is 2.47. The first-order chi connectivity index (χ1) is 9.53. The van der Waals surface area contributed by atoms with E-state index in [0.717, 1.165) is 25.9 Å². The lowest BCUT2D eigenvalue weighted by molar-refractivity contribution is 0.0600.